The summed E-state index contributed by atoms with van der Waals surface area (Å²) >= 11 is 0. The number of benzene rings is 1. The summed E-state index contributed by atoms with van der Waals surface area (Å²) < 4.78 is 10.2. The van der Waals surface area contributed by atoms with Gasteiger partial charge < -0.3 is 9.26 Å². The number of ether oxygens (including phenoxy) is 1. The van der Waals surface area contributed by atoms with Crippen LogP contribution in [0.1, 0.15) is 11.7 Å². The van der Waals surface area contributed by atoms with Crippen molar-refractivity contribution in [1.82, 2.24) is 10.1 Å². The minimum absolute atomic E-state index is 0.335. The lowest BCUT2D eigenvalue weighted by molar-refractivity contribution is 0.285. The number of nitrogens with zero attached hydrogens (tertiary/aromatic N) is 2. The number of aromatic nitrogens is 2. The Hall–Kier alpha value is -1.84. The molecule has 0 spiro atoms. The van der Waals surface area contributed by atoms with Crippen LogP contribution in [0, 0.1) is 6.92 Å². The second-order valence-electron chi connectivity index (χ2n) is 2.83. The number of hydrogen-bond donors (Lipinski definition) is 0. The number of hydrogen-bond acceptors (Lipinski definition) is 4. The maximum atomic E-state index is 5.42. The van der Waals surface area contributed by atoms with Crippen molar-refractivity contribution in [1.29, 1.82) is 0 Å². The van der Waals surface area contributed by atoms with Crippen LogP contribution in [0.3, 0.4) is 0 Å². The van der Waals surface area contributed by atoms with E-state index >= 15 is 0 Å². The fraction of sp³-hybridized carbons (Fsp3) is 0.200. The first kappa shape index (κ1) is 8.74. The molecule has 0 aliphatic heterocycles. The maximum absolute atomic E-state index is 5.42. The van der Waals surface area contributed by atoms with Gasteiger partial charge in [-0.25, -0.2) is 0 Å². The smallest absolute Gasteiger partial charge is 0.223 e. The van der Waals surface area contributed by atoms with Crippen molar-refractivity contribution in [2.75, 3.05) is 0 Å². The Morgan fingerprint density at radius 3 is 2.71 bits per heavy atom. The largest absolute Gasteiger partial charge is 0.485 e. The van der Waals surface area contributed by atoms with Gasteiger partial charge in [0, 0.05) is 6.92 Å². The summed E-state index contributed by atoms with van der Waals surface area (Å²) in [6.45, 7) is 2.08. The van der Waals surface area contributed by atoms with Crippen molar-refractivity contribution in [3.8, 4) is 5.75 Å². The fourth-order valence-corrected chi connectivity index (χ4v) is 1.06. The lowest BCUT2D eigenvalue weighted by atomic mass is 10.3. The van der Waals surface area contributed by atoms with Gasteiger partial charge in [0.15, 0.2) is 6.61 Å². The predicted molar refractivity (Wildman–Crippen MR) is 49.8 cm³/mol. The Morgan fingerprint density at radius 2 is 2.07 bits per heavy atom. The van der Waals surface area contributed by atoms with Gasteiger partial charge in [-0.1, -0.05) is 23.4 Å². The van der Waals surface area contributed by atoms with Crippen LogP contribution in [0.15, 0.2) is 34.9 Å². The molecule has 14 heavy (non-hydrogen) atoms. The quantitative estimate of drug-likeness (QED) is 0.742. The van der Waals surface area contributed by atoms with Gasteiger partial charge in [0.2, 0.25) is 11.7 Å². The Bertz CT molecular complexity index is 398. The number of para-hydroxylation sites is 1. The molecule has 0 aliphatic carbocycles. The van der Waals surface area contributed by atoms with E-state index in [-0.39, 0.29) is 0 Å². The molecular formula is C10H10N2O2. The molecular weight excluding hydrogens is 180 g/mol. The second kappa shape index (κ2) is 3.91. The summed E-state index contributed by atoms with van der Waals surface area (Å²) in [7, 11) is 0. The van der Waals surface area contributed by atoms with Crippen LogP contribution >= 0.6 is 0 Å². The van der Waals surface area contributed by atoms with E-state index in [9.17, 15) is 0 Å². The van der Waals surface area contributed by atoms with Gasteiger partial charge in [-0.2, -0.15) is 4.98 Å². The minimum atomic E-state index is 0.335. The molecule has 1 aromatic heterocycles. The molecule has 0 fully saturated rings. The summed E-state index contributed by atoms with van der Waals surface area (Å²) in [6, 6.07) is 9.53. The molecule has 1 aromatic carbocycles. The molecule has 1 heterocycles. The van der Waals surface area contributed by atoms with Gasteiger partial charge in [0.1, 0.15) is 5.75 Å². The van der Waals surface area contributed by atoms with Gasteiger partial charge in [0.25, 0.3) is 0 Å². The maximum Gasteiger partial charge on any atom is 0.223 e. The van der Waals surface area contributed by atoms with Crippen LogP contribution < -0.4 is 4.74 Å². The third-order valence-corrected chi connectivity index (χ3v) is 1.68. The van der Waals surface area contributed by atoms with E-state index in [4.69, 9.17) is 9.26 Å². The van der Waals surface area contributed by atoms with Crippen molar-refractivity contribution in [3.05, 3.63) is 42.0 Å². The highest BCUT2D eigenvalue weighted by molar-refractivity contribution is 5.20. The predicted octanol–water partition coefficient (Wildman–Crippen LogP) is 1.96. The minimum Gasteiger partial charge on any atom is -0.485 e. The molecule has 2 rings (SSSR count). The molecule has 0 unspecified atom stereocenters. The fourth-order valence-electron chi connectivity index (χ4n) is 1.06. The van der Waals surface area contributed by atoms with Crippen molar-refractivity contribution in [3.63, 3.8) is 0 Å². The molecule has 0 radical (unpaired) electrons. The monoisotopic (exact) mass is 190 g/mol. The van der Waals surface area contributed by atoms with Crippen molar-refractivity contribution in [2.24, 2.45) is 0 Å². The van der Waals surface area contributed by atoms with Gasteiger partial charge in [-0.05, 0) is 12.1 Å². The van der Waals surface area contributed by atoms with Crippen LogP contribution in [0.25, 0.3) is 0 Å². The zero-order valence-electron chi connectivity index (χ0n) is 7.80. The molecule has 72 valence electrons. The van der Waals surface area contributed by atoms with Crippen LogP contribution in [-0.4, -0.2) is 10.1 Å². The number of rotatable bonds is 3. The molecule has 0 bridgehead atoms. The topological polar surface area (TPSA) is 48.2 Å². The van der Waals surface area contributed by atoms with Crippen LogP contribution in [0.2, 0.25) is 0 Å². The Labute approximate surface area is 81.5 Å². The van der Waals surface area contributed by atoms with Crippen LogP contribution in [-0.2, 0) is 6.61 Å². The second-order valence-corrected chi connectivity index (χ2v) is 2.83. The SMILES string of the molecule is Cc1nc(COc2ccccc2)no1. The first-order valence-corrected chi connectivity index (χ1v) is 4.31. The lowest BCUT2D eigenvalue weighted by Gasteiger charge is -2.01. The third-order valence-electron chi connectivity index (χ3n) is 1.68. The summed E-state index contributed by atoms with van der Waals surface area (Å²) in [5, 5.41) is 3.72. The van der Waals surface area contributed by atoms with Gasteiger partial charge in [-0.15, -0.1) is 0 Å². The Balaban J connectivity index is 1.95. The summed E-state index contributed by atoms with van der Waals surface area (Å²) in [6.07, 6.45) is 0. The van der Waals surface area contributed by atoms with E-state index < -0.39 is 0 Å². The summed E-state index contributed by atoms with van der Waals surface area (Å²) in [5.41, 5.74) is 0. The normalized spacial score (nSPS) is 10.1. The first-order valence-electron chi connectivity index (χ1n) is 4.31. The van der Waals surface area contributed by atoms with E-state index in [1.807, 2.05) is 30.3 Å². The van der Waals surface area contributed by atoms with Crippen LogP contribution in [0.5, 0.6) is 5.75 Å². The summed E-state index contributed by atoms with van der Waals surface area (Å²) in [5.74, 6) is 1.91. The standard InChI is InChI=1S/C10H10N2O2/c1-8-11-10(12-14-8)7-13-9-5-3-2-4-6-9/h2-6H,7H2,1H3. The molecule has 4 nitrogen and oxygen atoms in total. The molecule has 0 N–H and O–H groups in total. The number of aryl methyl sites for hydroxylation is 1. The highest BCUT2D eigenvalue weighted by atomic mass is 16.5. The van der Waals surface area contributed by atoms with Crippen molar-refractivity contribution >= 4 is 0 Å². The Kier molecular flexibility index (Phi) is 2.44. The Morgan fingerprint density at radius 1 is 1.29 bits per heavy atom. The lowest BCUT2D eigenvalue weighted by Crippen LogP contribution is -1.97. The molecule has 0 atom stereocenters. The summed E-state index contributed by atoms with van der Waals surface area (Å²) in [4.78, 5) is 4.02. The molecule has 0 aliphatic rings. The first-order chi connectivity index (χ1) is 6.84. The highest BCUT2D eigenvalue weighted by Gasteiger charge is 2.02. The van der Waals surface area contributed by atoms with Gasteiger partial charge >= 0.3 is 0 Å². The molecule has 2 aromatic rings. The van der Waals surface area contributed by atoms with Gasteiger partial charge in [0.05, 0.1) is 0 Å². The van der Waals surface area contributed by atoms with E-state index in [1.165, 1.54) is 0 Å². The molecule has 4 heteroatoms. The highest BCUT2D eigenvalue weighted by Crippen LogP contribution is 2.09. The van der Waals surface area contributed by atoms with E-state index in [0.29, 0.717) is 18.3 Å². The average Bonchev–Trinajstić information content (AvgIpc) is 2.63. The van der Waals surface area contributed by atoms with Crippen molar-refractivity contribution < 1.29 is 9.26 Å². The van der Waals surface area contributed by atoms with E-state index in [2.05, 4.69) is 10.1 Å². The molecule has 0 saturated heterocycles. The zero-order chi connectivity index (χ0) is 9.80. The van der Waals surface area contributed by atoms with E-state index in [1.54, 1.807) is 6.92 Å². The van der Waals surface area contributed by atoms with Gasteiger partial charge in [-0.3, -0.25) is 0 Å². The average molecular weight is 190 g/mol. The van der Waals surface area contributed by atoms with Crippen LogP contribution in [0.4, 0.5) is 0 Å². The van der Waals surface area contributed by atoms with E-state index in [0.717, 1.165) is 5.75 Å². The molecule has 0 saturated carbocycles. The zero-order valence-corrected chi connectivity index (χ0v) is 7.80. The van der Waals surface area contributed by atoms with Crippen molar-refractivity contribution in [2.45, 2.75) is 13.5 Å². The molecule has 0 amide bonds. The third kappa shape index (κ3) is 2.10.